The molecule has 2 aromatic carbocycles. The van der Waals surface area contributed by atoms with Crippen molar-refractivity contribution in [3.8, 4) is 0 Å². The summed E-state index contributed by atoms with van der Waals surface area (Å²) in [6, 6.07) is 13.9. The molecule has 0 atom stereocenters. The van der Waals surface area contributed by atoms with Crippen LogP contribution in [0.15, 0.2) is 46.9 Å². The Morgan fingerprint density at radius 2 is 1.65 bits per heavy atom. The highest BCUT2D eigenvalue weighted by atomic mass is 79.9. The zero-order valence-corrected chi connectivity index (χ0v) is 12.9. The summed E-state index contributed by atoms with van der Waals surface area (Å²) in [5.74, 6) is -0.124. The van der Waals surface area contributed by atoms with Crippen LogP contribution in [0.25, 0.3) is 0 Å². The minimum atomic E-state index is -0.124. The SMILES string of the molecule is Fc1cc(Br)ccc1CN1CCc2ccccc2CC1. The number of hydrogen-bond acceptors (Lipinski definition) is 1. The van der Waals surface area contributed by atoms with E-state index >= 15 is 0 Å². The third kappa shape index (κ3) is 3.10. The molecule has 0 bridgehead atoms. The lowest BCUT2D eigenvalue weighted by atomic mass is 10.0. The van der Waals surface area contributed by atoms with Gasteiger partial charge in [0, 0.05) is 29.7 Å². The van der Waals surface area contributed by atoms with Gasteiger partial charge in [-0.3, -0.25) is 4.90 Å². The second-order valence-corrected chi connectivity index (χ2v) is 6.20. The lowest BCUT2D eigenvalue weighted by Gasteiger charge is -2.20. The molecule has 0 aliphatic carbocycles. The number of hydrogen-bond donors (Lipinski definition) is 0. The first-order valence-corrected chi connectivity index (χ1v) is 7.75. The van der Waals surface area contributed by atoms with Crippen molar-refractivity contribution in [1.82, 2.24) is 4.90 Å². The van der Waals surface area contributed by atoms with Gasteiger partial charge in [0.2, 0.25) is 0 Å². The van der Waals surface area contributed by atoms with Crippen LogP contribution >= 0.6 is 15.9 Å². The van der Waals surface area contributed by atoms with Gasteiger partial charge >= 0.3 is 0 Å². The minimum absolute atomic E-state index is 0.124. The van der Waals surface area contributed by atoms with Gasteiger partial charge in [0.25, 0.3) is 0 Å². The largest absolute Gasteiger partial charge is 0.298 e. The molecule has 3 rings (SSSR count). The molecule has 20 heavy (non-hydrogen) atoms. The van der Waals surface area contributed by atoms with Crippen LogP contribution in [-0.4, -0.2) is 18.0 Å². The first-order valence-electron chi connectivity index (χ1n) is 6.95. The van der Waals surface area contributed by atoms with Crippen LogP contribution in [0.1, 0.15) is 16.7 Å². The summed E-state index contributed by atoms with van der Waals surface area (Å²) in [5.41, 5.74) is 3.65. The lowest BCUT2D eigenvalue weighted by molar-refractivity contribution is 0.275. The van der Waals surface area contributed by atoms with E-state index in [9.17, 15) is 4.39 Å². The summed E-state index contributed by atoms with van der Waals surface area (Å²) < 4.78 is 14.7. The molecular formula is C17H17BrFN. The maximum Gasteiger partial charge on any atom is 0.128 e. The first-order chi connectivity index (χ1) is 9.72. The maximum absolute atomic E-state index is 13.9. The predicted octanol–water partition coefficient (Wildman–Crippen LogP) is 4.19. The van der Waals surface area contributed by atoms with E-state index in [2.05, 4.69) is 45.1 Å². The lowest BCUT2D eigenvalue weighted by Crippen LogP contribution is -2.26. The Labute approximate surface area is 127 Å². The van der Waals surface area contributed by atoms with Crippen LogP contribution in [0, 0.1) is 5.82 Å². The normalized spacial score (nSPS) is 15.7. The van der Waals surface area contributed by atoms with E-state index in [1.54, 1.807) is 6.07 Å². The van der Waals surface area contributed by atoms with Gasteiger partial charge in [0.15, 0.2) is 0 Å². The highest BCUT2D eigenvalue weighted by Gasteiger charge is 2.15. The number of rotatable bonds is 2. The molecular weight excluding hydrogens is 317 g/mol. The minimum Gasteiger partial charge on any atom is -0.298 e. The molecule has 0 fully saturated rings. The van der Waals surface area contributed by atoms with Gasteiger partial charge in [0.05, 0.1) is 0 Å². The van der Waals surface area contributed by atoms with E-state index in [0.29, 0.717) is 6.54 Å². The van der Waals surface area contributed by atoms with E-state index in [1.807, 2.05) is 12.1 Å². The molecule has 0 saturated heterocycles. The van der Waals surface area contributed by atoms with Crippen molar-refractivity contribution in [3.05, 3.63) is 69.4 Å². The maximum atomic E-state index is 13.9. The van der Waals surface area contributed by atoms with E-state index < -0.39 is 0 Å². The summed E-state index contributed by atoms with van der Waals surface area (Å²) in [6.07, 6.45) is 2.10. The van der Waals surface area contributed by atoms with Crippen LogP contribution in [0.3, 0.4) is 0 Å². The Bertz CT molecular complexity index is 585. The summed E-state index contributed by atoms with van der Waals surface area (Å²) in [5, 5.41) is 0. The quantitative estimate of drug-likeness (QED) is 0.796. The van der Waals surface area contributed by atoms with Crippen LogP contribution in [0.4, 0.5) is 4.39 Å². The van der Waals surface area contributed by atoms with E-state index in [1.165, 1.54) is 11.1 Å². The molecule has 0 amide bonds. The molecule has 3 heteroatoms. The average molecular weight is 334 g/mol. The fourth-order valence-electron chi connectivity index (χ4n) is 2.76. The fourth-order valence-corrected chi connectivity index (χ4v) is 3.10. The Balaban J connectivity index is 1.71. The monoisotopic (exact) mass is 333 g/mol. The summed E-state index contributed by atoms with van der Waals surface area (Å²) >= 11 is 3.30. The molecule has 0 spiro atoms. The van der Waals surface area contributed by atoms with Gasteiger partial charge in [-0.25, -0.2) is 4.39 Å². The van der Waals surface area contributed by atoms with Gasteiger partial charge in [-0.1, -0.05) is 46.3 Å². The zero-order valence-electron chi connectivity index (χ0n) is 11.3. The predicted molar refractivity (Wildman–Crippen MR) is 83.2 cm³/mol. The van der Waals surface area contributed by atoms with Crippen molar-refractivity contribution in [2.24, 2.45) is 0 Å². The van der Waals surface area contributed by atoms with Gasteiger partial charge in [-0.2, -0.15) is 0 Å². The Morgan fingerprint density at radius 3 is 2.25 bits per heavy atom. The third-order valence-corrected chi connectivity index (χ3v) is 4.42. The molecule has 1 heterocycles. The van der Waals surface area contributed by atoms with Crippen molar-refractivity contribution in [1.29, 1.82) is 0 Å². The molecule has 0 aromatic heterocycles. The van der Waals surface area contributed by atoms with Gasteiger partial charge in [-0.15, -0.1) is 0 Å². The summed E-state index contributed by atoms with van der Waals surface area (Å²) in [4.78, 5) is 2.34. The summed E-state index contributed by atoms with van der Waals surface area (Å²) in [6.45, 7) is 2.67. The molecule has 1 nitrogen and oxygen atoms in total. The molecule has 1 aliphatic heterocycles. The van der Waals surface area contributed by atoms with E-state index in [4.69, 9.17) is 0 Å². The number of nitrogens with zero attached hydrogens (tertiary/aromatic N) is 1. The zero-order chi connectivity index (χ0) is 13.9. The molecule has 0 unspecified atom stereocenters. The van der Waals surface area contributed by atoms with Gasteiger partial charge < -0.3 is 0 Å². The van der Waals surface area contributed by atoms with Crippen LogP contribution < -0.4 is 0 Å². The third-order valence-electron chi connectivity index (χ3n) is 3.92. The number of halogens is 2. The second-order valence-electron chi connectivity index (χ2n) is 5.28. The van der Waals surface area contributed by atoms with Crippen LogP contribution in [0.5, 0.6) is 0 Å². The van der Waals surface area contributed by atoms with E-state index in [0.717, 1.165) is 36.0 Å². The number of benzene rings is 2. The van der Waals surface area contributed by atoms with E-state index in [-0.39, 0.29) is 5.82 Å². The smallest absolute Gasteiger partial charge is 0.128 e. The van der Waals surface area contributed by atoms with Crippen molar-refractivity contribution < 1.29 is 4.39 Å². The molecule has 0 saturated carbocycles. The second kappa shape index (κ2) is 6.06. The topological polar surface area (TPSA) is 3.24 Å². The molecule has 104 valence electrons. The molecule has 2 aromatic rings. The molecule has 0 radical (unpaired) electrons. The molecule has 1 aliphatic rings. The fraction of sp³-hybridized carbons (Fsp3) is 0.294. The Morgan fingerprint density at radius 1 is 1.00 bits per heavy atom. The van der Waals surface area contributed by atoms with Gasteiger partial charge in [0.1, 0.15) is 5.82 Å². The highest BCUT2D eigenvalue weighted by Crippen LogP contribution is 2.20. The van der Waals surface area contributed by atoms with Crippen LogP contribution in [-0.2, 0) is 19.4 Å². The van der Waals surface area contributed by atoms with Crippen LogP contribution in [0.2, 0.25) is 0 Å². The van der Waals surface area contributed by atoms with Crippen molar-refractivity contribution in [3.63, 3.8) is 0 Å². The standard InChI is InChI=1S/C17H17BrFN/c18-16-6-5-15(17(19)11-16)12-20-9-7-13-3-1-2-4-14(13)8-10-20/h1-6,11H,7-10,12H2. The Kier molecular flexibility index (Phi) is 4.18. The first kappa shape index (κ1) is 13.8. The summed E-state index contributed by atoms with van der Waals surface area (Å²) in [7, 11) is 0. The van der Waals surface area contributed by atoms with Crippen molar-refractivity contribution in [2.75, 3.05) is 13.1 Å². The Hall–Kier alpha value is -1.19. The molecule has 0 N–H and O–H groups in total. The number of fused-ring (bicyclic) bond motifs is 1. The van der Waals surface area contributed by atoms with Crippen molar-refractivity contribution >= 4 is 15.9 Å². The van der Waals surface area contributed by atoms with Crippen molar-refractivity contribution in [2.45, 2.75) is 19.4 Å². The average Bonchev–Trinajstić information content (AvgIpc) is 2.65. The van der Waals surface area contributed by atoms with Gasteiger partial charge in [-0.05, 0) is 36.1 Å². The highest BCUT2D eigenvalue weighted by molar-refractivity contribution is 9.10.